The minimum Gasteiger partial charge on any atom is -0.478 e. The molecule has 132 valence electrons. The fourth-order valence-electron chi connectivity index (χ4n) is 2.96. The number of carboxylic acid groups (broad SMARTS) is 1. The lowest BCUT2D eigenvalue weighted by atomic mass is 9.95. The molecule has 0 aliphatic carbocycles. The van der Waals surface area contributed by atoms with Crippen molar-refractivity contribution in [2.24, 2.45) is 0 Å². The van der Waals surface area contributed by atoms with Crippen LogP contribution in [-0.2, 0) is 20.9 Å². The summed E-state index contributed by atoms with van der Waals surface area (Å²) in [4.78, 5) is 37.3. The molecule has 1 saturated heterocycles. The van der Waals surface area contributed by atoms with Crippen molar-refractivity contribution in [1.29, 1.82) is 0 Å². The molecule has 0 bridgehead atoms. The number of nitrogens with zero attached hydrogens (tertiary/aromatic N) is 3. The second-order valence-corrected chi connectivity index (χ2v) is 5.94. The molecule has 2 N–H and O–H groups in total. The maximum atomic E-state index is 13.0. The van der Waals surface area contributed by atoms with E-state index < -0.39 is 41.2 Å². The van der Waals surface area contributed by atoms with Gasteiger partial charge < -0.3 is 15.1 Å². The van der Waals surface area contributed by atoms with Crippen LogP contribution in [-0.4, -0.2) is 68.7 Å². The Balaban J connectivity index is 1.87. The smallest absolute Gasteiger partial charge is 0.340 e. The Morgan fingerprint density at radius 3 is 2.52 bits per heavy atom. The summed E-state index contributed by atoms with van der Waals surface area (Å²) in [7, 11) is 1.61. The first-order valence-corrected chi connectivity index (χ1v) is 7.49. The number of benzene rings is 1. The van der Waals surface area contributed by atoms with Gasteiger partial charge in [0.25, 0.3) is 5.91 Å². The van der Waals surface area contributed by atoms with Crippen LogP contribution in [0.4, 0.5) is 4.39 Å². The summed E-state index contributed by atoms with van der Waals surface area (Å²) in [5, 5.41) is 22.0. The van der Waals surface area contributed by atoms with Crippen LogP contribution in [0.3, 0.4) is 0 Å². The van der Waals surface area contributed by atoms with Crippen LogP contribution >= 0.6 is 0 Å². The number of carboxylic acids is 1. The minimum absolute atomic E-state index is 0.122. The predicted molar refractivity (Wildman–Crippen MR) is 81.9 cm³/mol. The van der Waals surface area contributed by atoms with Crippen LogP contribution in [0.1, 0.15) is 5.56 Å². The van der Waals surface area contributed by atoms with Crippen molar-refractivity contribution in [3.05, 3.63) is 47.4 Å². The molecular weight excluding hydrogens is 333 g/mol. The molecule has 1 fully saturated rings. The Hall–Kier alpha value is -2.78. The number of hydrogen-bond acceptors (Lipinski definition) is 6. The lowest BCUT2D eigenvalue weighted by molar-refractivity contribution is -0.177. The van der Waals surface area contributed by atoms with Gasteiger partial charge >= 0.3 is 5.97 Å². The number of rotatable bonds is 3. The van der Waals surface area contributed by atoms with Crippen molar-refractivity contribution in [3.63, 3.8) is 0 Å². The summed E-state index contributed by atoms with van der Waals surface area (Å²) in [6, 6.07) is 4.41. The topological polar surface area (TPSA) is 101 Å². The van der Waals surface area contributed by atoms with Crippen molar-refractivity contribution in [1.82, 2.24) is 14.9 Å². The number of amides is 1. The number of halogens is 1. The van der Waals surface area contributed by atoms with Gasteiger partial charge in [-0.15, -0.1) is 0 Å². The van der Waals surface area contributed by atoms with Crippen LogP contribution < -0.4 is 0 Å². The van der Waals surface area contributed by atoms with Crippen LogP contribution in [0.15, 0.2) is 36.0 Å². The van der Waals surface area contributed by atoms with Crippen molar-refractivity contribution in [2.45, 2.75) is 18.7 Å². The molecule has 2 heterocycles. The van der Waals surface area contributed by atoms with E-state index in [9.17, 15) is 23.9 Å². The quantitative estimate of drug-likeness (QED) is 0.713. The highest BCUT2D eigenvalue weighted by atomic mass is 19.1. The number of Topliss-reactive ketones (excluding diaryl/α,β-unsaturated/α-hetero) is 1. The highest BCUT2D eigenvalue weighted by molar-refractivity contribution is 6.20. The molecule has 0 spiro atoms. The molecule has 2 atom stereocenters. The van der Waals surface area contributed by atoms with E-state index in [0.717, 1.165) is 6.20 Å². The lowest BCUT2D eigenvalue weighted by Gasteiger charge is -2.48. The molecule has 1 aromatic rings. The van der Waals surface area contributed by atoms with Gasteiger partial charge in [0.05, 0.1) is 6.67 Å². The second-order valence-electron chi connectivity index (χ2n) is 5.94. The largest absolute Gasteiger partial charge is 0.478 e. The zero-order chi connectivity index (χ0) is 18.3. The van der Waals surface area contributed by atoms with Gasteiger partial charge in [-0.3, -0.25) is 14.6 Å². The van der Waals surface area contributed by atoms with Crippen molar-refractivity contribution in [3.8, 4) is 0 Å². The standard InChI is InChI=1S/C16H16FN3O5/c1-18-8-19(6-9-2-4-10(17)5-3-9)15(23)12-14(22)13(21)11(16(24)25)7-20(12)18/h2-5,7,12,14,22H,6,8H2,1H3,(H,24,25). The number of aliphatic hydroxyl groups is 1. The van der Waals surface area contributed by atoms with Crippen LogP contribution in [0.25, 0.3) is 0 Å². The molecule has 25 heavy (non-hydrogen) atoms. The van der Waals surface area contributed by atoms with Crippen molar-refractivity contribution < 1.29 is 29.0 Å². The fraction of sp³-hybridized carbons (Fsp3) is 0.312. The summed E-state index contributed by atoms with van der Waals surface area (Å²) < 4.78 is 13.0. The van der Waals surface area contributed by atoms with Crippen LogP contribution in [0.2, 0.25) is 0 Å². The van der Waals surface area contributed by atoms with Crippen molar-refractivity contribution in [2.75, 3.05) is 13.7 Å². The summed E-state index contributed by atoms with van der Waals surface area (Å²) in [6.45, 7) is 0.293. The summed E-state index contributed by atoms with van der Waals surface area (Å²) in [5.74, 6) is -3.36. The lowest BCUT2D eigenvalue weighted by Crippen LogP contribution is -2.67. The number of ketones is 1. The molecule has 9 heteroatoms. The van der Waals surface area contributed by atoms with Gasteiger partial charge in [0.15, 0.2) is 6.04 Å². The number of carbonyl (C=O) groups excluding carboxylic acids is 2. The van der Waals surface area contributed by atoms with Crippen molar-refractivity contribution >= 4 is 17.7 Å². The number of aliphatic carboxylic acids is 1. The molecule has 0 saturated carbocycles. The number of aliphatic hydroxyl groups excluding tert-OH is 1. The molecule has 1 amide bonds. The summed E-state index contributed by atoms with van der Waals surface area (Å²) in [6.07, 6.45) is -0.711. The Labute approximate surface area is 142 Å². The highest BCUT2D eigenvalue weighted by Crippen LogP contribution is 2.26. The van der Waals surface area contributed by atoms with E-state index in [1.165, 1.54) is 27.1 Å². The third kappa shape index (κ3) is 2.99. The first-order valence-electron chi connectivity index (χ1n) is 7.49. The third-order valence-electron chi connectivity index (χ3n) is 4.23. The van der Waals surface area contributed by atoms with E-state index in [1.54, 1.807) is 19.2 Å². The average Bonchev–Trinajstić information content (AvgIpc) is 2.56. The van der Waals surface area contributed by atoms with E-state index in [4.69, 9.17) is 5.11 Å². The minimum atomic E-state index is -1.78. The summed E-state index contributed by atoms with van der Waals surface area (Å²) >= 11 is 0. The van der Waals surface area contributed by atoms with Gasteiger partial charge in [-0.2, -0.15) is 0 Å². The Bertz CT molecular complexity index is 764. The second kappa shape index (κ2) is 6.26. The van der Waals surface area contributed by atoms with E-state index in [1.807, 2.05) is 0 Å². The first kappa shape index (κ1) is 17.1. The maximum Gasteiger partial charge on any atom is 0.340 e. The number of carbonyl (C=O) groups is 3. The van der Waals surface area contributed by atoms with E-state index in [0.29, 0.717) is 5.56 Å². The number of hydrazine groups is 1. The van der Waals surface area contributed by atoms with Gasteiger partial charge in [-0.25, -0.2) is 14.2 Å². The van der Waals surface area contributed by atoms with Crippen LogP contribution in [0.5, 0.6) is 0 Å². The average molecular weight is 349 g/mol. The molecule has 0 aromatic heterocycles. The molecular formula is C16H16FN3O5. The number of fused-ring (bicyclic) bond motifs is 1. The molecule has 3 rings (SSSR count). The number of hydrogen-bond donors (Lipinski definition) is 2. The molecule has 1 aromatic carbocycles. The third-order valence-corrected chi connectivity index (χ3v) is 4.23. The predicted octanol–water partition coefficient (Wildman–Crippen LogP) is -0.445. The molecule has 8 nitrogen and oxygen atoms in total. The highest BCUT2D eigenvalue weighted by Gasteiger charge is 2.48. The van der Waals surface area contributed by atoms with E-state index in [-0.39, 0.29) is 13.2 Å². The van der Waals surface area contributed by atoms with E-state index in [2.05, 4.69) is 0 Å². The molecule has 0 radical (unpaired) electrons. The summed E-state index contributed by atoms with van der Waals surface area (Å²) in [5.41, 5.74) is 0.116. The maximum absolute atomic E-state index is 13.0. The van der Waals surface area contributed by atoms with Gasteiger partial charge in [-0.1, -0.05) is 12.1 Å². The zero-order valence-corrected chi connectivity index (χ0v) is 13.3. The fourth-order valence-corrected chi connectivity index (χ4v) is 2.96. The Morgan fingerprint density at radius 1 is 1.28 bits per heavy atom. The zero-order valence-electron chi connectivity index (χ0n) is 13.3. The Kier molecular flexibility index (Phi) is 4.27. The van der Waals surface area contributed by atoms with E-state index >= 15 is 0 Å². The molecule has 2 aliphatic heterocycles. The van der Waals surface area contributed by atoms with Gasteiger partial charge in [0.1, 0.15) is 17.5 Å². The molecule has 2 aliphatic rings. The van der Waals surface area contributed by atoms with Gasteiger partial charge in [0, 0.05) is 19.8 Å². The SMILES string of the molecule is CN1CN(Cc2ccc(F)cc2)C(=O)C2C(O)C(=O)C(C(=O)O)=CN21. The molecule has 2 unspecified atom stereocenters. The monoisotopic (exact) mass is 349 g/mol. The van der Waals surface area contributed by atoms with Gasteiger partial charge in [-0.05, 0) is 17.7 Å². The van der Waals surface area contributed by atoms with Gasteiger partial charge in [0.2, 0.25) is 5.78 Å². The van der Waals surface area contributed by atoms with Crippen LogP contribution in [0, 0.1) is 5.82 Å². The first-order chi connectivity index (χ1) is 11.8. The normalized spacial score (nSPS) is 24.2. The Morgan fingerprint density at radius 2 is 1.92 bits per heavy atom.